The smallest absolute Gasteiger partial charge is 0.410 e. The summed E-state index contributed by atoms with van der Waals surface area (Å²) in [6.45, 7) is 12.6. The molecule has 8 heteroatoms. The van der Waals surface area contributed by atoms with E-state index in [0.29, 0.717) is 44.8 Å². The number of aliphatic imine (C=N–C) groups is 1. The molecule has 1 atom stereocenters. The molecular formula is C18H37N5O3. The van der Waals surface area contributed by atoms with E-state index in [1.807, 2.05) is 20.8 Å². The van der Waals surface area contributed by atoms with Gasteiger partial charge in [0.05, 0.1) is 13.2 Å². The molecule has 3 N–H and O–H groups in total. The van der Waals surface area contributed by atoms with E-state index < -0.39 is 5.60 Å². The highest BCUT2D eigenvalue weighted by Gasteiger charge is 2.23. The zero-order chi connectivity index (χ0) is 19.6. The van der Waals surface area contributed by atoms with Crippen molar-refractivity contribution < 1.29 is 14.3 Å². The number of nitrogens with two attached hydrogens (primary N) is 1. The van der Waals surface area contributed by atoms with Crippen LogP contribution in [0.4, 0.5) is 4.79 Å². The minimum Gasteiger partial charge on any atom is -0.444 e. The first kappa shape index (κ1) is 22.5. The zero-order valence-corrected chi connectivity index (χ0v) is 17.1. The van der Waals surface area contributed by atoms with Crippen molar-refractivity contribution in [1.82, 2.24) is 15.1 Å². The van der Waals surface area contributed by atoms with Crippen molar-refractivity contribution in [2.24, 2.45) is 10.7 Å². The Morgan fingerprint density at radius 2 is 2.12 bits per heavy atom. The summed E-state index contributed by atoms with van der Waals surface area (Å²) in [5.74, 6) is 0.420. The van der Waals surface area contributed by atoms with E-state index in [-0.39, 0.29) is 6.09 Å². The molecule has 0 aliphatic carbocycles. The van der Waals surface area contributed by atoms with Gasteiger partial charge in [-0.1, -0.05) is 6.92 Å². The predicted molar refractivity (Wildman–Crippen MR) is 104 cm³/mol. The minimum absolute atomic E-state index is 0.351. The van der Waals surface area contributed by atoms with Gasteiger partial charge < -0.3 is 25.4 Å². The number of nitrogens with one attached hydrogen (secondary N) is 1. The lowest BCUT2D eigenvalue weighted by molar-refractivity contribution is 0.0206. The first-order valence-electron chi connectivity index (χ1n) is 9.51. The second-order valence-electron chi connectivity index (χ2n) is 7.54. The first-order chi connectivity index (χ1) is 12.3. The number of carbonyl (C=O) groups excluding carboxylic acids is 1. The molecule has 1 saturated heterocycles. The predicted octanol–water partition coefficient (Wildman–Crippen LogP) is 1.26. The van der Waals surface area contributed by atoms with Gasteiger partial charge >= 0.3 is 6.09 Å². The van der Waals surface area contributed by atoms with Crippen LogP contribution in [0.1, 0.15) is 40.5 Å². The monoisotopic (exact) mass is 371 g/mol. The molecule has 1 aliphatic rings. The normalized spacial score (nSPS) is 18.8. The van der Waals surface area contributed by atoms with Gasteiger partial charge in [-0.15, -0.1) is 0 Å². The number of likely N-dealkylation sites (N-methyl/N-ethyl adjacent to an activating group) is 1. The van der Waals surface area contributed by atoms with Gasteiger partial charge in [-0.05, 0) is 46.7 Å². The molecule has 0 bridgehead atoms. The maximum absolute atomic E-state index is 12.3. The summed E-state index contributed by atoms with van der Waals surface area (Å²) in [6.07, 6.45) is 2.05. The Kier molecular flexibility index (Phi) is 9.72. The third-order valence-electron chi connectivity index (χ3n) is 4.28. The molecule has 0 spiro atoms. The highest BCUT2D eigenvalue weighted by molar-refractivity contribution is 5.77. The Hall–Kier alpha value is -1.54. The molecule has 0 saturated carbocycles. The van der Waals surface area contributed by atoms with Crippen LogP contribution in [0.5, 0.6) is 0 Å². The molecule has 0 aromatic carbocycles. The van der Waals surface area contributed by atoms with Gasteiger partial charge in [-0.3, -0.25) is 9.89 Å². The molecule has 1 unspecified atom stereocenters. The zero-order valence-electron chi connectivity index (χ0n) is 17.1. The van der Waals surface area contributed by atoms with Gasteiger partial charge in [0.1, 0.15) is 5.60 Å². The quantitative estimate of drug-likeness (QED) is 0.468. The Morgan fingerprint density at radius 3 is 2.73 bits per heavy atom. The van der Waals surface area contributed by atoms with Crippen LogP contribution >= 0.6 is 0 Å². The van der Waals surface area contributed by atoms with E-state index in [0.717, 1.165) is 13.1 Å². The summed E-state index contributed by atoms with van der Waals surface area (Å²) in [4.78, 5) is 20.8. The molecule has 1 fully saturated rings. The number of likely N-dealkylation sites (tertiary alicyclic amines) is 1. The van der Waals surface area contributed by atoms with Crippen LogP contribution < -0.4 is 11.1 Å². The van der Waals surface area contributed by atoms with Crippen LogP contribution in [-0.4, -0.2) is 86.5 Å². The van der Waals surface area contributed by atoms with Crippen LogP contribution in [-0.2, 0) is 9.47 Å². The largest absolute Gasteiger partial charge is 0.444 e. The molecule has 1 amide bonds. The van der Waals surface area contributed by atoms with Crippen molar-refractivity contribution in [3.8, 4) is 0 Å². The third-order valence-corrected chi connectivity index (χ3v) is 4.28. The number of guanidine groups is 1. The molecule has 0 aromatic heterocycles. The van der Waals surface area contributed by atoms with E-state index in [9.17, 15) is 4.79 Å². The lowest BCUT2D eigenvalue weighted by Crippen LogP contribution is -2.44. The first-order valence-corrected chi connectivity index (χ1v) is 9.51. The fourth-order valence-electron chi connectivity index (χ4n) is 2.92. The molecule has 0 aromatic rings. The topological polar surface area (TPSA) is 92.4 Å². The number of hydrogen-bond donors (Lipinski definition) is 2. The molecular weight excluding hydrogens is 334 g/mol. The van der Waals surface area contributed by atoms with Crippen molar-refractivity contribution in [3.05, 3.63) is 0 Å². The molecule has 0 radical (unpaired) electrons. The van der Waals surface area contributed by atoms with Crippen LogP contribution in [0, 0.1) is 0 Å². The fraction of sp³-hybridized carbons (Fsp3) is 0.889. The van der Waals surface area contributed by atoms with Crippen molar-refractivity contribution >= 4 is 12.1 Å². The van der Waals surface area contributed by atoms with Gasteiger partial charge in [0, 0.05) is 32.8 Å². The number of amides is 1. The maximum Gasteiger partial charge on any atom is 0.410 e. The van der Waals surface area contributed by atoms with Crippen LogP contribution in [0.25, 0.3) is 0 Å². The van der Waals surface area contributed by atoms with Gasteiger partial charge in [0.25, 0.3) is 0 Å². The van der Waals surface area contributed by atoms with E-state index >= 15 is 0 Å². The number of hydrogen-bond acceptors (Lipinski definition) is 5. The summed E-state index contributed by atoms with van der Waals surface area (Å²) in [7, 11) is 1.61. The van der Waals surface area contributed by atoms with Crippen LogP contribution in [0.3, 0.4) is 0 Å². The van der Waals surface area contributed by atoms with Crippen molar-refractivity contribution in [1.29, 1.82) is 0 Å². The second kappa shape index (κ2) is 11.2. The molecule has 8 nitrogen and oxygen atoms in total. The van der Waals surface area contributed by atoms with Gasteiger partial charge in [0.2, 0.25) is 0 Å². The number of carbonyl (C=O) groups is 1. The Morgan fingerprint density at radius 1 is 1.38 bits per heavy atom. The molecule has 1 heterocycles. The number of rotatable bonds is 9. The van der Waals surface area contributed by atoms with E-state index in [1.165, 1.54) is 12.8 Å². The number of methoxy groups -OCH3 is 1. The number of nitrogens with zero attached hydrogens (tertiary/aromatic N) is 3. The summed E-state index contributed by atoms with van der Waals surface area (Å²) >= 11 is 0. The lowest BCUT2D eigenvalue weighted by Gasteiger charge is -2.27. The average molecular weight is 372 g/mol. The van der Waals surface area contributed by atoms with Gasteiger partial charge in [-0.2, -0.15) is 0 Å². The van der Waals surface area contributed by atoms with E-state index in [2.05, 4.69) is 22.1 Å². The fourth-order valence-corrected chi connectivity index (χ4v) is 2.92. The Labute approximate surface area is 158 Å². The molecule has 1 aliphatic heterocycles. The van der Waals surface area contributed by atoms with Crippen LogP contribution in [0.15, 0.2) is 4.99 Å². The molecule has 26 heavy (non-hydrogen) atoms. The summed E-state index contributed by atoms with van der Waals surface area (Å²) < 4.78 is 10.5. The molecule has 152 valence electrons. The summed E-state index contributed by atoms with van der Waals surface area (Å²) in [5, 5.41) is 3.08. The van der Waals surface area contributed by atoms with Crippen molar-refractivity contribution in [3.63, 3.8) is 0 Å². The standard InChI is InChI=1S/C18H37N5O3/c1-6-22-10-7-8-15(22)14-21-16(19)20-9-11-23(12-13-25-5)17(24)26-18(2,3)4/h15H,6-14H2,1-5H3,(H3,19,20,21). The Balaban J connectivity index is 2.42. The van der Waals surface area contributed by atoms with Crippen molar-refractivity contribution in [2.75, 3.05) is 53.0 Å². The highest BCUT2D eigenvalue weighted by Crippen LogP contribution is 2.16. The van der Waals surface area contributed by atoms with E-state index in [1.54, 1.807) is 12.0 Å². The van der Waals surface area contributed by atoms with Gasteiger partial charge in [-0.25, -0.2) is 4.79 Å². The average Bonchev–Trinajstić information content (AvgIpc) is 3.01. The van der Waals surface area contributed by atoms with Gasteiger partial charge in [0.15, 0.2) is 5.96 Å². The summed E-state index contributed by atoms with van der Waals surface area (Å²) in [5.41, 5.74) is 5.44. The van der Waals surface area contributed by atoms with E-state index in [4.69, 9.17) is 15.2 Å². The SMILES string of the molecule is CCN1CCCC1CN=C(N)NCCN(CCOC)C(=O)OC(C)(C)C. The molecule has 1 rings (SSSR count). The number of ether oxygens (including phenoxy) is 2. The van der Waals surface area contributed by atoms with Crippen LogP contribution in [0.2, 0.25) is 0 Å². The Bertz CT molecular complexity index is 451. The highest BCUT2D eigenvalue weighted by atomic mass is 16.6. The summed E-state index contributed by atoms with van der Waals surface area (Å²) in [6, 6.07) is 0.486. The lowest BCUT2D eigenvalue weighted by atomic mass is 10.2. The minimum atomic E-state index is -0.525. The third kappa shape index (κ3) is 8.71. The maximum atomic E-state index is 12.3. The second-order valence-corrected chi connectivity index (χ2v) is 7.54. The van der Waals surface area contributed by atoms with Crippen molar-refractivity contribution in [2.45, 2.75) is 52.2 Å².